The Kier molecular flexibility index (Phi) is 9.25. The number of aromatic nitrogens is 1. The second-order valence-electron chi connectivity index (χ2n) is 9.02. The molecule has 3 N–H and O–H groups in total. The zero-order chi connectivity index (χ0) is 26.3. The highest BCUT2D eigenvalue weighted by atomic mass is 32.1. The van der Waals surface area contributed by atoms with Gasteiger partial charge in [-0.1, -0.05) is 30.3 Å². The molecule has 0 saturated heterocycles. The van der Waals surface area contributed by atoms with Crippen molar-refractivity contribution in [1.29, 1.82) is 0 Å². The van der Waals surface area contributed by atoms with Crippen LogP contribution in [0, 0.1) is 12.8 Å². The molecule has 1 heterocycles. The SMILES string of the molecule is Cc1cnc(CNC(=O)C(=O)[C@@H](Cc2ccccc2)NC(=O)[C@@H](C)NC(=O)C2CCC(F)(F)CC2)s1. The van der Waals surface area contributed by atoms with Gasteiger partial charge in [0.2, 0.25) is 23.5 Å². The van der Waals surface area contributed by atoms with Crippen LogP contribution in [0.15, 0.2) is 36.5 Å². The van der Waals surface area contributed by atoms with Gasteiger partial charge < -0.3 is 16.0 Å². The summed E-state index contributed by atoms with van der Waals surface area (Å²) >= 11 is 1.40. The number of alkyl halides is 2. The molecule has 1 aromatic heterocycles. The summed E-state index contributed by atoms with van der Waals surface area (Å²) in [6, 6.07) is 6.72. The molecule has 0 unspecified atom stereocenters. The first-order chi connectivity index (χ1) is 17.0. The van der Waals surface area contributed by atoms with Crippen molar-refractivity contribution in [2.75, 3.05) is 0 Å². The summed E-state index contributed by atoms with van der Waals surface area (Å²) < 4.78 is 26.8. The molecule has 1 fully saturated rings. The van der Waals surface area contributed by atoms with Crippen molar-refractivity contribution in [1.82, 2.24) is 20.9 Å². The number of halogens is 2. The Balaban J connectivity index is 1.61. The van der Waals surface area contributed by atoms with E-state index in [1.54, 1.807) is 36.5 Å². The smallest absolute Gasteiger partial charge is 0.289 e. The van der Waals surface area contributed by atoms with E-state index in [4.69, 9.17) is 0 Å². The van der Waals surface area contributed by atoms with E-state index in [9.17, 15) is 28.0 Å². The third-order valence-electron chi connectivity index (χ3n) is 6.05. The van der Waals surface area contributed by atoms with Crippen molar-refractivity contribution in [2.24, 2.45) is 5.92 Å². The normalized spacial score (nSPS) is 17.0. The lowest BCUT2D eigenvalue weighted by atomic mass is 9.86. The van der Waals surface area contributed by atoms with E-state index < -0.39 is 47.4 Å². The summed E-state index contributed by atoms with van der Waals surface area (Å²) in [4.78, 5) is 56.0. The molecule has 3 rings (SSSR count). The molecule has 1 aliphatic carbocycles. The van der Waals surface area contributed by atoms with Gasteiger partial charge in [0.05, 0.1) is 6.54 Å². The number of hydrogen-bond donors (Lipinski definition) is 3. The lowest BCUT2D eigenvalue weighted by Crippen LogP contribution is -2.54. The van der Waals surface area contributed by atoms with Gasteiger partial charge in [0.15, 0.2) is 0 Å². The highest BCUT2D eigenvalue weighted by Crippen LogP contribution is 2.36. The summed E-state index contributed by atoms with van der Waals surface area (Å²) in [6.07, 6.45) is 1.10. The lowest BCUT2D eigenvalue weighted by Gasteiger charge is -2.28. The lowest BCUT2D eigenvalue weighted by molar-refractivity contribution is -0.140. The van der Waals surface area contributed by atoms with Crippen LogP contribution in [0.5, 0.6) is 0 Å². The first-order valence-electron chi connectivity index (χ1n) is 11.8. The molecule has 1 saturated carbocycles. The number of carbonyl (C=O) groups excluding carboxylic acids is 4. The second kappa shape index (κ2) is 12.2. The van der Waals surface area contributed by atoms with Crippen molar-refractivity contribution in [3.8, 4) is 0 Å². The Hall–Kier alpha value is -3.21. The van der Waals surface area contributed by atoms with E-state index in [0.29, 0.717) is 5.01 Å². The van der Waals surface area contributed by atoms with E-state index in [2.05, 4.69) is 20.9 Å². The van der Waals surface area contributed by atoms with E-state index in [1.807, 2.05) is 6.92 Å². The molecule has 194 valence electrons. The highest BCUT2D eigenvalue weighted by molar-refractivity contribution is 7.11. The summed E-state index contributed by atoms with van der Waals surface area (Å²) in [7, 11) is 0. The number of carbonyl (C=O) groups is 4. The molecular formula is C25H30F2N4O4S. The summed E-state index contributed by atoms with van der Waals surface area (Å²) in [5.41, 5.74) is 0.735. The van der Waals surface area contributed by atoms with Gasteiger partial charge in [0, 0.05) is 36.3 Å². The molecule has 1 aromatic carbocycles. The Morgan fingerprint density at radius 2 is 1.78 bits per heavy atom. The van der Waals surface area contributed by atoms with Crippen LogP contribution in [-0.4, -0.2) is 46.5 Å². The molecule has 2 atom stereocenters. The molecule has 8 nitrogen and oxygen atoms in total. The fourth-order valence-corrected chi connectivity index (χ4v) is 4.67. The molecule has 36 heavy (non-hydrogen) atoms. The quantitative estimate of drug-likeness (QED) is 0.417. The average molecular weight is 521 g/mol. The first-order valence-corrected chi connectivity index (χ1v) is 12.6. The van der Waals surface area contributed by atoms with Crippen LogP contribution in [0.25, 0.3) is 0 Å². The number of thiazole rings is 1. The van der Waals surface area contributed by atoms with Crippen molar-refractivity contribution in [2.45, 2.75) is 70.5 Å². The number of Topliss-reactive ketones (excluding diaryl/α,β-unsaturated/α-hetero) is 1. The minimum Gasteiger partial charge on any atom is -0.344 e. The van der Waals surface area contributed by atoms with E-state index in [1.165, 1.54) is 18.3 Å². The van der Waals surface area contributed by atoms with Crippen LogP contribution in [0.2, 0.25) is 0 Å². The maximum absolute atomic E-state index is 13.4. The number of ketones is 1. The fourth-order valence-electron chi connectivity index (χ4n) is 3.94. The van der Waals surface area contributed by atoms with Gasteiger partial charge in [-0.25, -0.2) is 13.8 Å². The van der Waals surface area contributed by atoms with Crippen LogP contribution in [0.3, 0.4) is 0 Å². The van der Waals surface area contributed by atoms with Gasteiger partial charge in [-0.2, -0.15) is 0 Å². The van der Waals surface area contributed by atoms with Crippen LogP contribution >= 0.6 is 11.3 Å². The monoisotopic (exact) mass is 520 g/mol. The summed E-state index contributed by atoms with van der Waals surface area (Å²) in [5.74, 6) is -6.17. The van der Waals surface area contributed by atoms with Crippen LogP contribution in [-0.2, 0) is 32.1 Å². The van der Waals surface area contributed by atoms with Gasteiger partial charge >= 0.3 is 0 Å². The topological polar surface area (TPSA) is 117 Å². The largest absolute Gasteiger partial charge is 0.344 e. The number of rotatable bonds is 10. The molecule has 1 aliphatic rings. The van der Waals surface area contributed by atoms with E-state index >= 15 is 0 Å². The molecule has 0 spiro atoms. The molecular weight excluding hydrogens is 490 g/mol. The number of nitrogens with one attached hydrogen (secondary N) is 3. The summed E-state index contributed by atoms with van der Waals surface area (Å²) in [6.45, 7) is 3.41. The molecule has 2 aromatic rings. The first kappa shape index (κ1) is 27.4. The van der Waals surface area contributed by atoms with Crippen molar-refractivity contribution >= 4 is 34.8 Å². The fraction of sp³-hybridized carbons (Fsp3) is 0.480. The Morgan fingerprint density at radius 1 is 1.11 bits per heavy atom. The third-order valence-corrected chi connectivity index (χ3v) is 6.96. The van der Waals surface area contributed by atoms with E-state index in [-0.39, 0.29) is 38.6 Å². The van der Waals surface area contributed by atoms with Crippen LogP contribution in [0.1, 0.15) is 48.1 Å². The third kappa shape index (κ3) is 7.91. The zero-order valence-electron chi connectivity index (χ0n) is 20.2. The maximum atomic E-state index is 13.4. The van der Waals surface area contributed by atoms with Gasteiger partial charge in [-0.15, -0.1) is 11.3 Å². The molecule has 3 amide bonds. The average Bonchev–Trinajstić information content (AvgIpc) is 3.27. The van der Waals surface area contributed by atoms with Crippen LogP contribution < -0.4 is 16.0 Å². The predicted molar refractivity (Wildman–Crippen MR) is 130 cm³/mol. The number of hydrogen-bond acceptors (Lipinski definition) is 6. The Labute approximate surface area is 212 Å². The predicted octanol–water partition coefficient (Wildman–Crippen LogP) is 2.69. The number of amides is 3. The molecule has 0 aliphatic heterocycles. The zero-order valence-corrected chi connectivity index (χ0v) is 21.0. The van der Waals surface area contributed by atoms with Crippen molar-refractivity contribution < 1.29 is 28.0 Å². The minimum absolute atomic E-state index is 0.0427. The second-order valence-corrected chi connectivity index (χ2v) is 10.3. The number of benzene rings is 1. The van der Waals surface area contributed by atoms with Gasteiger partial charge in [0.1, 0.15) is 17.1 Å². The summed E-state index contributed by atoms with van der Waals surface area (Å²) in [5, 5.41) is 8.31. The standard InChI is InChI=1S/C25H30F2N4O4S/c1-15-13-28-20(36-15)14-29-24(35)21(32)19(12-17-6-4-3-5-7-17)31-22(33)16(2)30-23(34)18-8-10-25(26,27)11-9-18/h3-7,13,16,18-19H,8-12,14H2,1-2H3,(H,29,35)(H,30,34)(H,31,33)/t16-,19-/m1/s1. The van der Waals surface area contributed by atoms with E-state index in [0.717, 1.165) is 10.4 Å². The molecule has 0 bridgehead atoms. The minimum atomic E-state index is -2.76. The van der Waals surface area contributed by atoms with Crippen molar-refractivity contribution in [3.05, 3.63) is 52.0 Å². The van der Waals surface area contributed by atoms with Gasteiger partial charge in [0.25, 0.3) is 5.91 Å². The highest BCUT2D eigenvalue weighted by Gasteiger charge is 2.38. The van der Waals surface area contributed by atoms with Gasteiger partial charge in [-0.05, 0) is 32.3 Å². The maximum Gasteiger partial charge on any atom is 0.289 e. The molecule has 0 radical (unpaired) electrons. The number of aryl methyl sites for hydroxylation is 1. The van der Waals surface area contributed by atoms with Crippen LogP contribution in [0.4, 0.5) is 8.78 Å². The van der Waals surface area contributed by atoms with Crippen molar-refractivity contribution in [3.63, 3.8) is 0 Å². The Bertz CT molecular complexity index is 1080. The molecule has 11 heteroatoms. The Morgan fingerprint density at radius 3 is 2.39 bits per heavy atom. The number of nitrogens with zero attached hydrogens (tertiary/aromatic N) is 1. The van der Waals surface area contributed by atoms with Gasteiger partial charge in [-0.3, -0.25) is 19.2 Å².